The van der Waals surface area contributed by atoms with Crippen molar-refractivity contribution in [2.45, 2.75) is 39.0 Å². The van der Waals surface area contributed by atoms with Crippen molar-refractivity contribution in [2.24, 2.45) is 5.92 Å². The lowest BCUT2D eigenvalue weighted by Gasteiger charge is -2.31. The molecule has 2 heterocycles. The van der Waals surface area contributed by atoms with Crippen molar-refractivity contribution in [3.63, 3.8) is 0 Å². The van der Waals surface area contributed by atoms with Crippen LogP contribution in [0.15, 0.2) is 48.2 Å². The molecule has 0 bridgehead atoms. The van der Waals surface area contributed by atoms with Gasteiger partial charge >= 0.3 is 12.1 Å². The molecule has 4 rings (SSSR count). The van der Waals surface area contributed by atoms with Gasteiger partial charge < -0.3 is 19.3 Å². The van der Waals surface area contributed by atoms with E-state index >= 15 is 0 Å². The second-order valence-electron chi connectivity index (χ2n) is 9.80. The summed E-state index contributed by atoms with van der Waals surface area (Å²) in [7, 11) is 4.03. The van der Waals surface area contributed by atoms with Gasteiger partial charge in [-0.1, -0.05) is 29.9 Å². The number of ether oxygens (including phenoxy) is 2. The molecule has 0 saturated carbocycles. The van der Waals surface area contributed by atoms with Crippen LogP contribution in [0, 0.1) is 12.8 Å². The van der Waals surface area contributed by atoms with Crippen molar-refractivity contribution in [1.29, 1.82) is 0 Å². The Morgan fingerprint density at radius 3 is 2.56 bits per heavy atom. The van der Waals surface area contributed by atoms with Crippen molar-refractivity contribution in [3.05, 3.63) is 59.3 Å². The zero-order valence-electron chi connectivity index (χ0n) is 21.4. The summed E-state index contributed by atoms with van der Waals surface area (Å²) in [6.07, 6.45) is 10.6. The van der Waals surface area contributed by atoms with Gasteiger partial charge in [0.25, 0.3) is 0 Å². The minimum absolute atomic E-state index is 0.0548. The van der Waals surface area contributed by atoms with Crippen molar-refractivity contribution in [3.8, 4) is 0 Å². The highest BCUT2D eigenvalue weighted by Gasteiger charge is 2.29. The number of benzene rings is 1. The highest BCUT2D eigenvalue weighted by Crippen LogP contribution is 2.25. The molecule has 36 heavy (non-hydrogen) atoms. The number of aromatic nitrogens is 1. The van der Waals surface area contributed by atoms with Gasteiger partial charge in [-0.25, -0.2) is 4.79 Å². The van der Waals surface area contributed by atoms with Crippen LogP contribution in [0.25, 0.3) is 10.9 Å². The first-order valence-corrected chi connectivity index (χ1v) is 12.6. The van der Waals surface area contributed by atoms with Crippen molar-refractivity contribution in [2.75, 3.05) is 40.5 Å². The normalized spacial score (nSPS) is 16.3. The largest absolute Gasteiger partial charge is 0.428 e. The van der Waals surface area contributed by atoms with E-state index < -0.39 is 18.9 Å². The Morgan fingerprint density at radius 1 is 1.08 bits per heavy atom. The van der Waals surface area contributed by atoms with Crippen LogP contribution in [0.1, 0.15) is 36.8 Å². The molecule has 0 radical (unpaired) electrons. The summed E-state index contributed by atoms with van der Waals surface area (Å²) in [6, 6.07) is 5.94. The predicted molar refractivity (Wildman–Crippen MR) is 138 cm³/mol. The number of carbonyl (C=O) groups excluding carboxylic acids is 3. The zero-order valence-corrected chi connectivity index (χ0v) is 21.4. The van der Waals surface area contributed by atoms with E-state index in [9.17, 15) is 14.4 Å². The molecule has 0 N–H and O–H groups in total. The minimum Gasteiger partial charge on any atom is -0.428 e. The Hall–Kier alpha value is -3.39. The monoisotopic (exact) mass is 493 g/mol. The summed E-state index contributed by atoms with van der Waals surface area (Å²) in [5.41, 5.74) is 3.78. The molecule has 1 aliphatic heterocycles. The molecular formula is C28H35N3O5. The number of nitrogens with zero attached hydrogens (tertiary/aromatic N) is 3. The molecule has 8 nitrogen and oxygen atoms in total. The number of hydrogen-bond donors (Lipinski definition) is 0. The lowest BCUT2D eigenvalue weighted by atomic mass is 9.95. The molecule has 1 amide bonds. The Kier molecular flexibility index (Phi) is 8.25. The van der Waals surface area contributed by atoms with E-state index in [1.165, 1.54) is 4.57 Å². The second kappa shape index (κ2) is 11.6. The van der Waals surface area contributed by atoms with Gasteiger partial charge in [0.05, 0.1) is 11.4 Å². The molecular weight excluding hydrogens is 458 g/mol. The van der Waals surface area contributed by atoms with E-state index in [0.717, 1.165) is 47.0 Å². The van der Waals surface area contributed by atoms with Crippen LogP contribution < -0.4 is 0 Å². The standard InChI is InChI=1S/C28H35N3O5/c1-20-9-10-25-24(17-20)23(11-14-29(2)3)18-31(25)28(34)36-19-35-27(33)22-12-15-30(16-13-22)26(32)21-7-5-4-6-8-21/h4-5,8-10,17-18,22H,6-7,11-16,19H2,1-3H3. The van der Waals surface area contributed by atoms with Gasteiger partial charge in [-0.15, -0.1) is 0 Å². The summed E-state index contributed by atoms with van der Waals surface area (Å²) in [6.45, 7) is 3.48. The Morgan fingerprint density at radius 2 is 1.86 bits per heavy atom. The highest BCUT2D eigenvalue weighted by molar-refractivity contribution is 5.94. The number of rotatable bonds is 7. The smallest absolute Gasteiger partial charge is 0.421 e. The maximum atomic E-state index is 12.8. The van der Waals surface area contributed by atoms with Gasteiger partial charge in [-0.05, 0) is 70.8 Å². The molecule has 0 spiro atoms. The summed E-state index contributed by atoms with van der Waals surface area (Å²) in [4.78, 5) is 41.9. The number of carbonyl (C=O) groups is 3. The zero-order chi connectivity index (χ0) is 25.7. The van der Waals surface area contributed by atoms with E-state index in [-0.39, 0.29) is 11.8 Å². The summed E-state index contributed by atoms with van der Waals surface area (Å²) in [5, 5.41) is 1.02. The molecule has 8 heteroatoms. The summed E-state index contributed by atoms with van der Waals surface area (Å²) in [5.74, 6) is -0.644. The molecule has 1 aromatic heterocycles. The van der Waals surface area contributed by atoms with Gasteiger partial charge in [0.2, 0.25) is 12.7 Å². The predicted octanol–water partition coefficient (Wildman–Crippen LogP) is 4.05. The number of fused-ring (bicyclic) bond motifs is 1. The molecule has 1 aliphatic carbocycles. The lowest BCUT2D eigenvalue weighted by molar-refractivity contribution is -0.159. The van der Waals surface area contributed by atoms with E-state index in [2.05, 4.69) is 17.0 Å². The van der Waals surface area contributed by atoms with Crippen molar-refractivity contribution >= 4 is 28.9 Å². The number of likely N-dealkylation sites (tertiary alicyclic amines) is 1. The lowest BCUT2D eigenvalue weighted by Crippen LogP contribution is -2.41. The van der Waals surface area contributed by atoms with Gasteiger partial charge in [-0.3, -0.25) is 14.2 Å². The number of likely N-dealkylation sites (N-methyl/N-ethyl adjacent to an activating group) is 1. The van der Waals surface area contributed by atoms with Crippen LogP contribution in [-0.4, -0.2) is 72.9 Å². The molecule has 1 saturated heterocycles. The molecule has 192 valence electrons. The Bertz CT molecular complexity index is 1190. The van der Waals surface area contributed by atoms with Crippen molar-refractivity contribution < 1.29 is 23.9 Å². The fourth-order valence-corrected chi connectivity index (χ4v) is 4.73. The van der Waals surface area contributed by atoms with Crippen LogP contribution in [0.5, 0.6) is 0 Å². The van der Waals surface area contributed by atoms with Crippen LogP contribution in [0.4, 0.5) is 4.79 Å². The van der Waals surface area contributed by atoms with Gasteiger partial charge in [-0.2, -0.15) is 0 Å². The maximum Gasteiger partial charge on any atom is 0.421 e. The van der Waals surface area contributed by atoms with Crippen LogP contribution >= 0.6 is 0 Å². The number of aryl methyl sites for hydroxylation is 1. The molecule has 0 atom stereocenters. The third-order valence-electron chi connectivity index (χ3n) is 6.85. The number of allylic oxidation sites excluding steroid dienone is 3. The fraction of sp³-hybridized carbons (Fsp3) is 0.464. The first kappa shape index (κ1) is 25.7. The number of esters is 1. The first-order valence-electron chi connectivity index (χ1n) is 12.6. The van der Waals surface area contributed by atoms with Crippen LogP contribution in [0.3, 0.4) is 0 Å². The third kappa shape index (κ3) is 6.05. The average Bonchev–Trinajstić information content (AvgIpc) is 3.25. The molecule has 2 aromatic rings. The van der Waals surface area contributed by atoms with Gasteiger partial charge in [0.1, 0.15) is 0 Å². The number of amides is 1. The molecule has 0 unspecified atom stereocenters. The highest BCUT2D eigenvalue weighted by atomic mass is 16.7. The summed E-state index contributed by atoms with van der Waals surface area (Å²) >= 11 is 0. The van der Waals surface area contributed by atoms with E-state index in [4.69, 9.17) is 9.47 Å². The minimum atomic E-state index is -0.581. The average molecular weight is 494 g/mol. The number of hydrogen-bond acceptors (Lipinski definition) is 6. The van der Waals surface area contributed by atoms with Gasteiger partial charge in [0, 0.05) is 36.8 Å². The Labute approximate surface area is 212 Å². The summed E-state index contributed by atoms with van der Waals surface area (Å²) < 4.78 is 12.1. The fourth-order valence-electron chi connectivity index (χ4n) is 4.73. The van der Waals surface area contributed by atoms with Gasteiger partial charge in [0.15, 0.2) is 0 Å². The molecule has 2 aliphatic rings. The Balaban J connectivity index is 1.28. The van der Waals surface area contributed by atoms with Crippen molar-refractivity contribution in [1.82, 2.24) is 14.4 Å². The van der Waals surface area contributed by atoms with Crippen LogP contribution in [0.2, 0.25) is 0 Å². The second-order valence-corrected chi connectivity index (χ2v) is 9.80. The molecule has 1 fully saturated rings. The number of piperidine rings is 1. The quantitative estimate of drug-likeness (QED) is 0.329. The van der Waals surface area contributed by atoms with Crippen LogP contribution in [-0.2, 0) is 25.5 Å². The first-order chi connectivity index (χ1) is 17.3. The third-order valence-corrected chi connectivity index (χ3v) is 6.85. The SMILES string of the molecule is Cc1ccc2c(c1)c(CCN(C)C)cn2C(=O)OCOC(=O)C1CCN(C(=O)C2=CCC=CC2)CC1. The maximum absolute atomic E-state index is 12.8. The van der Waals surface area contributed by atoms with E-state index in [1.807, 2.05) is 56.4 Å². The van der Waals surface area contributed by atoms with E-state index in [0.29, 0.717) is 32.4 Å². The molecule has 1 aromatic carbocycles. The topological polar surface area (TPSA) is 81.1 Å². The van der Waals surface area contributed by atoms with E-state index in [1.54, 1.807) is 0 Å².